The van der Waals surface area contributed by atoms with Gasteiger partial charge in [0.25, 0.3) is 0 Å². The zero-order chi connectivity index (χ0) is 13.9. The summed E-state index contributed by atoms with van der Waals surface area (Å²) in [6, 6.07) is 0.607. The zero-order valence-corrected chi connectivity index (χ0v) is 13.3. The van der Waals surface area contributed by atoms with Crippen LogP contribution in [0.3, 0.4) is 0 Å². The van der Waals surface area contributed by atoms with Crippen LogP contribution in [0.1, 0.15) is 77.6 Å². The summed E-state index contributed by atoms with van der Waals surface area (Å²) in [6.45, 7) is 2.39. The molecule has 2 nitrogen and oxygen atoms in total. The van der Waals surface area contributed by atoms with Gasteiger partial charge in [-0.3, -0.25) is 11.3 Å². The average molecular weight is 278 g/mol. The average Bonchev–Trinajstić information content (AvgIpc) is 2.36. The van der Waals surface area contributed by atoms with Gasteiger partial charge in [0.15, 0.2) is 0 Å². The minimum Gasteiger partial charge on any atom is -0.271 e. The molecule has 3 fully saturated rings. The molecule has 2 heteroatoms. The highest BCUT2D eigenvalue weighted by Crippen LogP contribution is 2.49. The normalized spacial score (nSPS) is 33.8. The van der Waals surface area contributed by atoms with Gasteiger partial charge in [-0.15, -0.1) is 0 Å². The Labute approximate surface area is 125 Å². The molecule has 0 aliphatic heterocycles. The van der Waals surface area contributed by atoms with Crippen LogP contribution in [-0.2, 0) is 0 Å². The van der Waals surface area contributed by atoms with Gasteiger partial charge in [0.1, 0.15) is 0 Å². The van der Waals surface area contributed by atoms with Gasteiger partial charge in [-0.2, -0.15) is 0 Å². The van der Waals surface area contributed by atoms with E-state index in [-0.39, 0.29) is 0 Å². The molecule has 0 bridgehead atoms. The van der Waals surface area contributed by atoms with Gasteiger partial charge in [0.2, 0.25) is 0 Å². The number of hydrogen-bond acceptors (Lipinski definition) is 2. The lowest BCUT2D eigenvalue weighted by molar-refractivity contribution is 0.0166. The fraction of sp³-hybridized carbons (Fsp3) is 1.00. The summed E-state index contributed by atoms with van der Waals surface area (Å²) in [6.07, 6.45) is 15.9. The van der Waals surface area contributed by atoms with Gasteiger partial charge in [-0.05, 0) is 36.0 Å². The lowest BCUT2D eigenvalue weighted by Crippen LogP contribution is -2.55. The molecule has 0 radical (unpaired) electrons. The third kappa shape index (κ3) is 2.78. The Morgan fingerprint density at radius 3 is 1.95 bits per heavy atom. The third-order valence-electron chi connectivity index (χ3n) is 6.95. The Bertz CT molecular complexity index is 282. The van der Waals surface area contributed by atoms with E-state index >= 15 is 0 Å². The summed E-state index contributed by atoms with van der Waals surface area (Å²) in [5, 5.41) is 0. The van der Waals surface area contributed by atoms with Crippen molar-refractivity contribution in [2.24, 2.45) is 35.4 Å². The number of nitrogens with one attached hydrogen (secondary N) is 1. The lowest BCUT2D eigenvalue weighted by Gasteiger charge is -2.50. The second-order valence-electron chi connectivity index (χ2n) is 7.77. The Morgan fingerprint density at radius 2 is 1.50 bits per heavy atom. The standard InChI is InChI=1S/C18H34N2/c1-2-13-7-3-4-12-16(13)18(20-19)17(14-8-5-9-14)15-10-6-11-15/h13-18,20H,2-12,19H2,1H3. The van der Waals surface area contributed by atoms with Gasteiger partial charge in [0.05, 0.1) is 0 Å². The van der Waals surface area contributed by atoms with Crippen molar-refractivity contribution in [3.8, 4) is 0 Å². The maximum absolute atomic E-state index is 6.10. The monoisotopic (exact) mass is 278 g/mol. The molecule has 0 spiro atoms. The molecule has 3 unspecified atom stereocenters. The summed E-state index contributed by atoms with van der Waals surface area (Å²) < 4.78 is 0. The number of rotatable bonds is 6. The maximum atomic E-state index is 6.10. The quantitative estimate of drug-likeness (QED) is 0.563. The molecule has 3 atom stereocenters. The fourth-order valence-corrected chi connectivity index (χ4v) is 5.36. The highest BCUT2D eigenvalue weighted by molar-refractivity contribution is 4.97. The fourth-order valence-electron chi connectivity index (χ4n) is 5.36. The maximum Gasteiger partial charge on any atom is 0.0274 e. The number of hydrazine groups is 1. The van der Waals surface area contributed by atoms with E-state index in [4.69, 9.17) is 5.84 Å². The second-order valence-corrected chi connectivity index (χ2v) is 7.77. The molecule has 0 heterocycles. The highest BCUT2D eigenvalue weighted by Gasteiger charge is 2.44. The zero-order valence-electron chi connectivity index (χ0n) is 13.3. The first-order chi connectivity index (χ1) is 9.85. The van der Waals surface area contributed by atoms with Gasteiger partial charge < -0.3 is 0 Å². The van der Waals surface area contributed by atoms with E-state index < -0.39 is 0 Å². The molecule has 0 aromatic carbocycles. The number of hydrogen-bond donors (Lipinski definition) is 2. The summed E-state index contributed by atoms with van der Waals surface area (Å²) in [5.74, 6) is 10.7. The van der Waals surface area contributed by atoms with Crippen molar-refractivity contribution in [1.82, 2.24) is 5.43 Å². The van der Waals surface area contributed by atoms with E-state index in [9.17, 15) is 0 Å². The Balaban J connectivity index is 1.74. The largest absolute Gasteiger partial charge is 0.271 e. The van der Waals surface area contributed by atoms with Crippen molar-refractivity contribution >= 4 is 0 Å². The van der Waals surface area contributed by atoms with Crippen LogP contribution in [0.2, 0.25) is 0 Å². The first kappa shape index (κ1) is 14.8. The summed E-state index contributed by atoms with van der Waals surface area (Å²) >= 11 is 0. The molecular formula is C18H34N2. The number of nitrogens with two attached hydrogens (primary N) is 1. The molecule has 0 aromatic rings. The minimum atomic E-state index is 0.607. The van der Waals surface area contributed by atoms with E-state index in [1.807, 2.05) is 0 Å². The molecule has 3 rings (SSSR count). The molecule has 0 saturated heterocycles. The van der Waals surface area contributed by atoms with Crippen molar-refractivity contribution in [3.63, 3.8) is 0 Å². The van der Waals surface area contributed by atoms with E-state index in [0.29, 0.717) is 6.04 Å². The van der Waals surface area contributed by atoms with E-state index in [0.717, 1.165) is 29.6 Å². The van der Waals surface area contributed by atoms with E-state index in [1.165, 1.54) is 70.6 Å². The van der Waals surface area contributed by atoms with Crippen LogP contribution in [0.25, 0.3) is 0 Å². The molecule has 0 aromatic heterocycles. The van der Waals surface area contributed by atoms with E-state index in [2.05, 4.69) is 12.3 Å². The molecule has 116 valence electrons. The summed E-state index contributed by atoms with van der Waals surface area (Å²) in [7, 11) is 0. The molecule has 3 aliphatic carbocycles. The summed E-state index contributed by atoms with van der Waals surface area (Å²) in [4.78, 5) is 0. The van der Waals surface area contributed by atoms with Crippen molar-refractivity contribution in [2.75, 3.05) is 0 Å². The van der Waals surface area contributed by atoms with Crippen molar-refractivity contribution in [3.05, 3.63) is 0 Å². The van der Waals surface area contributed by atoms with Crippen molar-refractivity contribution < 1.29 is 0 Å². The molecule has 3 saturated carbocycles. The highest BCUT2D eigenvalue weighted by atomic mass is 15.2. The second kappa shape index (κ2) is 6.79. The lowest BCUT2D eigenvalue weighted by atomic mass is 9.58. The van der Waals surface area contributed by atoms with Gasteiger partial charge >= 0.3 is 0 Å². The molecule has 3 N–H and O–H groups in total. The van der Waals surface area contributed by atoms with E-state index in [1.54, 1.807) is 0 Å². The smallest absolute Gasteiger partial charge is 0.0274 e. The SMILES string of the molecule is CCC1CCCCC1C(NN)C(C1CCC1)C1CCC1. The van der Waals surface area contributed by atoms with Crippen LogP contribution in [0, 0.1) is 29.6 Å². The minimum absolute atomic E-state index is 0.607. The topological polar surface area (TPSA) is 38.0 Å². The first-order valence-corrected chi connectivity index (χ1v) is 9.31. The van der Waals surface area contributed by atoms with Crippen LogP contribution in [0.15, 0.2) is 0 Å². The van der Waals surface area contributed by atoms with Crippen LogP contribution in [0.5, 0.6) is 0 Å². The van der Waals surface area contributed by atoms with Crippen LogP contribution >= 0.6 is 0 Å². The first-order valence-electron chi connectivity index (χ1n) is 9.31. The Kier molecular flexibility index (Phi) is 5.04. The predicted octanol–water partition coefficient (Wildman–Crippen LogP) is 4.25. The predicted molar refractivity (Wildman–Crippen MR) is 85.0 cm³/mol. The van der Waals surface area contributed by atoms with Crippen molar-refractivity contribution in [2.45, 2.75) is 83.6 Å². The molecular weight excluding hydrogens is 244 g/mol. The van der Waals surface area contributed by atoms with Gasteiger partial charge in [0, 0.05) is 6.04 Å². The Morgan fingerprint density at radius 1 is 0.900 bits per heavy atom. The van der Waals surface area contributed by atoms with Gasteiger partial charge in [-0.25, -0.2) is 0 Å². The molecule has 3 aliphatic rings. The van der Waals surface area contributed by atoms with Crippen LogP contribution < -0.4 is 11.3 Å². The van der Waals surface area contributed by atoms with Gasteiger partial charge in [-0.1, -0.05) is 71.1 Å². The summed E-state index contributed by atoms with van der Waals surface area (Å²) in [5.41, 5.74) is 3.33. The molecule has 20 heavy (non-hydrogen) atoms. The molecule has 0 amide bonds. The third-order valence-corrected chi connectivity index (χ3v) is 6.95. The Hall–Kier alpha value is -0.0800. The van der Waals surface area contributed by atoms with Crippen molar-refractivity contribution in [1.29, 1.82) is 0 Å². The van der Waals surface area contributed by atoms with Crippen LogP contribution in [-0.4, -0.2) is 6.04 Å². The van der Waals surface area contributed by atoms with Crippen LogP contribution in [0.4, 0.5) is 0 Å².